The fourth-order valence-corrected chi connectivity index (χ4v) is 4.73. The summed E-state index contributed by atoms with van der Waals surface area (Å²) in [6, 6.07) is 26.8. The Morgan fingerprint density at radius 2 is 1.52 bits per heavy atom. The fraction of sp³-hybridized carbons (Fsp3) is 0.111. The minimum atomic E-state index is -0.262. The van der Waals surface area contributed by atoms with Gasteiger partial charge < -0.3 is 0 Å². The van der Waals surface area contributed by atoms with E-state index in [0.29, 0.717) is 0 Å². The molecule has 3 aromatic rings. The van der Waals surface area contributed by atoms with E-state index in [1.54, 1.807) is 0 Å². The van der Waals surface area contributed by atoms with Crippen LogP contribution in [-0.2, 0) is 5.41 Å². The monoisotopic (exact) mass is 346 g/mol. The Kier molecular flexibility index (Phi) is 3.72. The van der Waals surface area contributed by atoms with E-state index >= 15 is 0 Å². The Morgan fingerprint density at radius 3 is 2.41 bits per heavy atom. The Labute approximate surface area is 161 Å². The van der Waals surface area contributed by atoms with E-state index in [0.717, 1.165) is 6.42 Å². The second-order valence-corrected chi connectivity index (χ2v) is 7.39. The van der Waals surface area contributed by atoms with E-state index in [1.807, 2.05) is 0 Å². The molecule has 0 radical (unpaired) electrons. The molecule has 2 aliphatic rings. The van der Waals surface area contributed by atoms with Crippen molar-refractivity contribution in [2.24, 2.45) is 0 Å². The molecule has 2 aliphatic carbocycles. The highest BCUT2D eigenvalue weighted by Gasteiger charge is 2.46. The van der Waals surface area contributed by atoms with Crippen LogP contribution in [0.5, 0.6) is 0 Å². The highest BCUT2D eigenvalue weighted by atomic mass is 14.5. The summed E-state index contributed by atoms with van der Waals surface area (Å²) in [5.41, 5.74) is 9.21. The van der Waals surface area contributed by atoms with Crippen LogP contribution in [0.4, 0.5) is 0 Å². The molecule has 0 bridgehead atoms. The van der Waals surface area contributed by atoms with Crippen molar-refractivity contribution in [2.75, 3.05) is 0 Å². The van der Waals surface area contributed by atoms with Gasteiger partial charge in [0.15, 0.2) is 0 Å². The van der Waals surface area contributed by atoms with Crippen molar-refractivity contribution < 1.29 is 0 Å². The van der Waals surface area contributed by atoms with Crippen molar-refractivity contribution in [3.05, 3.63) is 131 Å². The van der Waals surface area contributed by atoms with E-state index in [1.165, 1.54) is 39.0 Å². The first-order valence-electron chi connectivity index (χ1n) is 9.62. The van der Waals surface area contributed by atoms with Crippen molar-refractivity contribution in [2.45, 2.75) is 18.8 Å². The van der Waals surface area contributed by atoms with Crippen molar-refractivity contribution in [3.63, 3.8) is 0 Å². The minimum Gasteiger partial charge on any atom is -0.0807 e. The molecule has 0 spiro atoms. The molecule has 0 heteroatoms. The van der Waals surface area contributed by atoms with Crippen molar-refractivity contribution in [3.8, 4) is 11.1 Å². The van der Waals surface area contributed by atoms with Gasteiger partial charge in [-0.3, -0.25) is 0 Å². The summed E-state index contributed by atoms with van der Waals surface area (Å²) < 4.78 is 0. The molecule has 0 nitrogen and oxygen atoms in total. The SMILES string of the molecule is Cc1ccc2c(c1)C(C1=CCC=CC=C1)(c1ccccc1)c1ccccc1-2. The summed E-state index contributed by atoms with van der Waals surface area (Å²) in [6.07, 6.45) is 12.2. The van der Waals surface area contributed by atoms with Crippen molar-refractivity contribution >= 4 is 0 Å². The highest BCUT2D eigenvalue weighted by molar-refractivity contribution is 5.86. The van der Waals surface area contributed by atoms with Gasteiger partial charge in [0.2, 0.25) is 0 Å². The Morgan fingerprint density at radius 1 is 0.741 bits per heavy atom. The van der Waals surface area contributed by atoms with Gasteiger partial charge >= 0.3 is 0 Å². The van der Waals surface area contributed by atoms with Crippen LogP contribution < -0.4 is 0 Å². The maximum absolute atomic E-state index is 2.39. The molecular formula is C27H22. The summed E-state index contributed by atoms with van der Waals surface area (Å²) in [4.78, 5) is 0. The van der Waals surface area contributed by atoms with Crippen molar-refractivity contribution in [1.29, 1.82) is 0 Å². The average Bonchev–Trinajstić information content (AvgIpc) is 2.85. The molecule has 0 saturated carbocycles. The lowest BCUT2D eigenvalue weighted by Gasteiger charge is -2.35. The number of benzene rings is 3. The van der Waals surface area contributed by atoms with E-state index in [4.69, 9.17) is 0 Å². The van der Waals surface area contributed by atoms with E-state index in [9.17, 15) is 0 Å². The van der Waals surface area contributed by atoms with Crippen LogP contribution in [0.1, 0.15) is 28.7 Å². The predicted octanol–water partition coefficient (Wildman–Crippen LogP) is 6.75. The van der Waals surface area contributed by atoms with E-state index in [-0.39, 0.29) is 5.41 Å². The fourth-order valence-electron chi connectivity index (χ4n) is 4.73. The lowest BCUT2D eigenvalue weighted by molar-refractivity contribution is 0.763. The molecule has 0 aliphatic heterocycles. The van der Waals surface area contributed by atoms with Gasteiger partial charge in [0.1, 0.15) is 0 Å². The smallest absolute Gasteiger partial charge is 0.0710 e. The molecule has 0 saturated heterocycles. The van der Waals surface area contributed by atoms with Crippen molar-refractivity contribution in [1.82, 2.24) is 0 Å². The lowest BCUT2D eigenvalue weighted by Crippen LogP contribution is -2.29. The standard InChI is InChI=1S/C27H22/c1-20-17-18-24-23-15-9-10-16-25(23)27(26(24)19-20,22-13-7-4-8-14-22)21-11-5-2-3-6-12-21/h2-5,7-19H,6H2,1H3. The molecule has 0 heterocycles. The van der Waals surface area contributed by atoms with Gasteiger partial charge in [0.05, 0.1) is 5.41 Å². The zero-order valence-corrected chi connectivity index (χ0v) is 15.5. The van der Waals surface area contributed by atoms with Gasteiger partial charge in [0, 0.05) is 0 Å². The van der Waals surface area contributed by atoms with Crippen LogP contribution >= 0.6 is 0 Å². The number of allylic oxidation sites excluding steroid dienone is 6. The molecule has 0 aromatic heterocycles. The Balaban J connectivity index is 1.94. The average molecular weight is 346 g/mol. The Bertz CT molecular complexity index is 1100. The summed E-state index contributed by atoms with van der Waals surface area (Å²) in [7, 11) is 0. The van der Waals surface area contributed by atoms with E-state index < -0.39 is 0 Å². The van der Waals surface area contributed by atoms with Gasteiger partial charge in [-0.25, -0.2) is 0 Å². The molecule has 27 heavy (non-hydrogen) atoms. The molecule has 0 N–H and O–H groups in total. The molecule has 1 unspecified atom stereocenters. The third-order valence-corrected chi connectivity index (χ3v) is 5.84. The molecular weight excluding hydrogens is 324 g/mol. The number of rotatable bonds is 2. The number of fused-ring (bicyclic) bond motifs is 3. The number of hydrogen-bond acceptors (Lipinski definition) is 0. The van der Waals surface area contributed by atoms with Gasteiger partial charge in [-0.15, -0.1) is 0 Å². The predicted molar refractivity (Wildman–Crippen MR) is 114 cm³/mol. The normalized spacial score (nSPS) is 20.0. The van der Waals surface area contributed by atoms with Gasteiger partial charge in [-0.2, -0.15) is 0 Å². The topological polar surface area (TPSA) is 0 Å². The Hall–Kier alpha value is -3.12. The quantitative estimate of drug-likeness (QED) is 0.481. The van der Waals surface area contributed by atoms with Crippen LogP contribution in [0.3, 0.4) is 0 Å². The maximum atomic E-state index is 2.39. The molecule has 130 valence electrons. The van der Waals surface area contributed by atoms with E-state index in [2.05, 4.69) is 110 Å². The van der Waals surface area contributed by atoms with Crippen LogP contribution in [0, 0.1) is 6.92 Å². The highest BCUT2D eigenvalue weighted by Crippen LogP contribution is 2.56. The molecule has 5 rings (SSSR count). The summed E-state index contributed by atoms with van der Waals surface area (Å²) in [6.45, 7) is 2.19. The van der Waals surface area contributed by atoms with Crippen LogP contribution in [0.25, 0.3) is 11.1 Å². The molecule has 0 amide bonds. The first kappa shape index (κ1) is 16.1. The van der Waals surface area contributed by atoms with Gasteiger partial charge in [0.25, 0.3) is 0 Å². The molecule has 3 aromatic carbocycles. The maximum Gasteiger partial charge on any atom is 0.0710 e. The zero-order valence-electron chi connectivity index (χ0n) is 15.5. The second kappa shape index (κ2) is 6.25. The largest absolute Gasteiger partial charge is 0.0807 e. The van der Waals surface area contributed by atoms with Gasteiger partial charge in [-0.05, 0) is 46.7 Å². The molecule has 0 fully saturated rings. The lowest BCUT2D eigenvalue weighted by atomic mass is 9.66. The first-order chi connectivity index (χ1) is 13.3. The number of hydrogen-bond donors (Lipinski definition) is 0. The molecule has 1 atom stereocenters. The number of aryl methyl sites for hydroxylation is 1. The first-order valence-corrected chi connectivity index (χ1v) is 9.62. The minimum absolute atomic E-state index is 0.262. The summed E-state index contributed by atoms with van der Waals surface area (Å²) in [5, 5.41) is 0. The van der Waals surface area contributed by atoms with Crippen LogP contribution in [-0.4, -0.2) is 0 Å². The van der Waals surface area contributed by atoms with Crippen LogP contribution in [0.2, 0.25) is 0 Å². The second-order valence-electron chi connectivity index (χ2n) is 7.39. The third-order valence-electron chi connectivity index (χ3n) is 5.84. The third kappa shape index (κ3) is 2.30. The van der Waals surface area contributed by atoms with Gasteiger partial charge in [-0.1, -0.05) is 109 Å². The van der Waals surface area contributed by atoms with Crippen LogP contribution in [0.15, 0.2) is 109 Å². The zero-order chi connectivity index (χ0) is 18.3. The summed E-state index contributed by atoms with van der Waals surface area (Å²) >= 11 is 0. The summed E-state index contributed by atoms with van der Waals surface area (Å²) in [5.74, 6) is 0.